The van der Waals surface area contributed by atoms with Crippen LogP contribution in [0, 0.1) is 0 Å². The number of aliphatic hydroxyl groups excluding tert-OH is 1. The normalized spacial score (nSPS) is 11.5. The quantitative estimate of drug-likeness (QED) is 0.544. The molecule has 0 aromatic carbocycles. The summed E-state index contributed by atoms with van der Waals surface area (Å²) in [7, 11) is 1.49. The summed E-state index contributed by atoms with van der Waals surface area (Å²) in [5, 5.41) is 21.9. The zero-order valence-electron chi connectivity index (χ0n) is 10.3. The molecular formula is C11H15N3O5. The van der Waals surface area contributed by atoms with Crippen LogP contribution < -0.4 is 15.4 Å². The molecule has 0 radical (unpaired) electrons. The maximum absolute atomic E-state index is 11.4. The van der Waals surface area contributed by atoms with Gasteiger partial charge in [-0.15, -0.1) is 0 Å². The van der Waals surface area contributed by atoms with E-state index < -0.39 is 24.6 Å². The number of aromatic nitrogens is 1. The summed E-state index contributed by atoms with van der Waals surface area (Å²) >= 11 is 0. The SMILES string of the molecule is COc1ccc(CNC(=O)N[C@@H](CO)C(=O)O)cn1. The van der Waals surface area contributed by atoms with Crippen LogP contribution in [0.15, 0.2) is 18.3 Å². The van der Waals surface area contributed by atoms with Gasteiger partial charge < -0.3 is 25.6 Å². The Labute approximate surface area is 109 Å². The van der Waals surface area contributed by atoms with E-state index >= 15 is 0 Å². The van der Waals surface area contributed by atoms with Gasteiger partial charge in [0.05, 0.1) is 13.7 Å². The van der Waals surface area contributed by atoms with Gasteiger partial charge in [0.2, 0.25) is 5.88 Å². The van der Waals surface area contributed by atoms with Crippen molar-refractivity contribution in [2.45, 2.75) is 12.6 Å². The Hall–Kier alpha value is -2.35. The van der Waals surface area contributed by atoms with Crippen molar-refractivity contribution < 1.29 is 24.5 Å². The number of aliphatic hydroxyl groups is 1. The Morgan fingerprint density at radius 2 is 2.21 bits per heavy atom. The summed E-state index contributed by atoms with van der Waals surface area (Å²) in [5.41, 5.74) is 0.729. The van der Waals surface area contributed by atoms with Crippen molar-refractivity contribution in [3.8, 4) is 5.88 Å². The van der Waals surface area contributed by atoms with Crippen molar-refractivity contribution in [2.24, 2.45) is 0 Å². The topological polar surface area (TPSA) is 121 Å². The minimum Gasteiger partial charge on any atom is -0.481 e. The highest BCUT2D eigenvalue weighted by molar-refractivity contribution is 5.82. The van der Waals surface area contributed by atoms with Gasteiger partial charge in [-0.3, -0.25) is 0 Å². The molecule has 0 spiro atoms. The lowest BCUT2D eigenvalue weighted by molar-refractivity contribution is -0.140. The van der Waals surface area contributed by atoms with Crippen molar-refractivity contribution in [3.63, 3.8) is 0 Å². The first-order chi connectivity index (χ1) is 9.06. The second kappa shape index (κ2) is 7.17. The third kappa shape index (κ3) is 4.80. The number of methoxy groups -OCH3 is 1. The standard InChI is InChI=1S/C11H15N3O5/c1-19-9-3-2-7(4-12-9)5-13-11(18)14-8(6-15)10(16)17/h2-4,8,15H,5-6H2,1H3,(H,16,17)(H2,13,14,18)/t8-/m0/s1. The summed E-state index contributed by atoms with van der Waals surface area (Å²) in [6, 6.07) is 1.35. The van der Waals surface area contributed by atoms with Crippen molar-refractivity contribution in [1.82, 2.24) is 15.6 Å². The molecular weight excluding hydrogens is 254 g/mol. The first-order valence-electron chi connectivity index (χ1n) is 5.43. The molecule has 1 rings (SSSR count). The predicted molar refractivity (Wildman–Crippen MR) is 64.7 cm³/mol. The molecule has 0 aliphatic heterocycles. The van der Waals surface area contributed by atoms with Crippen LogP contribution >= 0.6 is 0 Å². The van der Waals surface area contributed by atoms with E-state index in [2.05, 4.69) is 15.6 Å². The van der Waals surface area contributed by atoms with Crippen LogP contribution in [-0.4, -0.2) is 47.0 Å². The average Bonchev–Trinajstić information content (AvgIpc) is 2.42. The molecule has 0 fully saturated rings. The largest absolute Gasteiger partial charge is 0.481 e. The van der Waals surface area contributed by atoms with E-state index in [1.54, 1.807) is 12.1 Å². The Kier molecular flexibility index (Phi) is 5.55. The van der Waals surface area contributed by atoms with Crippen LogP contribution in [0.25, 0.3) is 0 Å². The number of nitrogens with zero attached hydrogens (tertiary/aromatic N) is 1. The molecule has 0 aliphatic rings. The highest BCUT2D eigenvalue weighted by Crippen LogP contribution is 2.05. The number of urea groups is 1. The number of aliphatic carboxylic acids is 1. The first kappa shape index (κ1) is 14.7. The minimum atomic E-state index is -1.33. The molecule has 1 heterocycles. The van der Waals surface area contributed by atoms with Gasteiger partial charge in [-0.05, 0) is 5.56 Å². The van der Waals surface area contributed by atoms with Gasteiger partial charge in [-0.25, -0.2) is 14.6 Å². The molecule has 1 aromatic heterocycles. The van der Waals surface area contributed by atoms with Crippen LogP contribution in [0.2, 0.25) is 0 Å². The van der Waals surface area contributed by atoms with Crippen molar-refractivity contribution in [3.05, 3.63) is 23.9 Å². The Bertz CT molecular complexity index is 434. The first-order valence-corrected chi connectivity index (χ1v) is 5.43. The van der Waals surface area contributed by atoms with Crippen LogP contribution in [0.1, 0.15) is 5.56 Å². The van der Waals surface area contributed by atoms with E-state index in [4.69, 9.17) is 14.9 Å². The number of nitrogens with one attached hydrogen (secondary N) is 2. The number of carboxylic acid groups (broad SMARTS) is 1. The molecule has 0 bridgehead atoms. The number of hydrogen-bond donors (Lipinski definition) is 4. The van der Waals surface area contributed by atoms with Crippen LogP contribution in [0.5, 0.6) is 5.88 Å². The van der Waals surface area contributed by atoms with Gasteiger partial charge in [0.15, 0.2) is 6.04 Å². The molecule has 19 heavy (non-hydrogen) atoms. The molecule has 2 amide bonds. The third-order valence-electron chi connectivity index (χ3n) is 2.25. The van der Waals surface area contributed by atoms with Gasteiger partial charge in [0.25, 0.3) is 0 Å². The van der Waals surface area contributed by atoms with Crippen molar-refractivity contribution in [2.75, 3.05) is 13.7 Å². The van der Waals surface area contributed by atoms with Gasteiger partial charge in [-0.1, -0.05) is 6.07 Å². The zero-order chi connectivity index (χ0) is 14.3. The molecule has 0 saturated heterocycles. The Morgan fingerprint density at radius 1 is 1.47 bits per heavy atom. The van der Waals surface area contributed by atoms with E-state index in [0.29, 0.717) is 5.88 Å². The molecule has 0 saturated carbocycles. The Morgan fingerprint density at radius 3 is 2.68 bits per heavy atom. The number of hydrogen-bond acceptors (Lipinski definition) is 5. The van der Waals surface area contributed by atoms with Crippen LogP contribution in [0.3, 0.4) is 0 Å². The van der Waals surface area contributed by atoms with E-state index in [1.807, 2.05) is 0 Å². The molecule has 0 unspecified atom stereocenters. The van der Waals surface area contributed by atoms with E-state index in [0.717, 1.165) is 5.56 Å². The number of ether oxygens (including phenoxy) is 1. The number of pyridine rings is 1. The summed E-state index contributed by atoms with van der Waals surface area (Å²) in [4.78, 5) is 25.9. The molecule has 1 aromatic rings. The maximum Gasteiger partial charge on any atom is 0.328 e. The summed E-state index contributed by atoms with van der Waals surface area (Å²) in [6.45, 7) is -0.493. The predicted octanol–water partition coefficient (Wildman–Crippen LogP) is -0.665. The van der Waals surface area contributed by atoms with Crippen LogP contribution in [0.4, 0.5) is 4.79 Å². The maximum atomic E-state index is 11.4. The number of rotatable bonds is 6. The summed E-state index contributed by atoms with van der Waals surface area (Å²) < 4.78 is 4.88. The number of carbonyl (C=O) groups excluding carboxylic acids is 1. The van der Waals surface area contributed by atoms with E-state index in [-0.39, 0.29) is 6.54 Å². The number of amides is 2. The van der Waals surface area contributed by atoms with Gasteiger partial charge in [0, 0.05) is 18.8 Å². The summed E-state index contributed by atoms with van der Waals surface area (Å²) in [5.74, 6) is -0.844. The van der Waals surface area contributed by atoms with Crippen LogP contribution in [-0.2, 0) is 11.3 Å². The number of carboxylic acids is 1. The monoisotopic (exact) mass is 269 g/mol. The highest BCUT2D eigenvalue weighted by atomic mass is 16.5. The molecule has 104 valence electrons. The minimum absolute atomic E-state index is 0.181. The van der Waals surface area contributed by atoms with Crippen molar-refractivity contribution in [1.29, 1.82) is 0 Å². The lowest BCUT2D eigenvalue weighted by atomic mass is 10.3. The second-order valence-electron chi connectivity index (χ2n) is 3.61. The van der Waals surface area contributed by atoms with Gasteiger partial charge in [-0.2, -0.15) is 0 Å². The molecule has 8 nitrogen and oxygen atoms in total. The fraction of sp³-hybridized carbons (Fsp3) is 0.364. The molecule has 4 N–H and O–H groups in total. The fourth-order valence-corrected chi connectivity index (χ4v) is 1.21. The van der Waals surface area contributed by atoms with Gasteiger partial charge >= 0.3 is 12.0 Å². The highest BCUT2D eigenvalue weighted by Gasteiger charge is 2.18. The number of carbonyl (C=O) groups is 2. The molecule has 1 atom stereocenters. The lowest BCUT2D eigenvalue weighted by Gasteiger charge is -2.12. The molecule has 0 aliphatic carbocycles. The fourth-order valence-electron chi connectivity index (χ4n) is 1.21. The van der Waals surface area contributed by atoms with Gasteiger partial charge in [0.1, 0.15) is 0 Å². The smallest absolute Gasteiger partial charge is 0.328 e. The summed E-state index contributed by atoms with van der Waals surface area (Å²) in [6.07, 6.45) is 1.53. The zero-order valence-corrected chi connectivity index (χ0v) is 10.3. The third-order valence-corrected chi connectivity index (χ3v) is 2.25. The average molecular weight is 269 g/mol. The van der Waals surface area contributed by atoms with E-state index in [9.17, 15) is 9.59 Å². The second-order valence-corrected chi connectivity index (χ2v) is 3.61. The molecule has 8 heteroatoms. The lowest BCUT2D eigenvalue weighted by Crippen LogP contribution is -2.47. The Balaban J connectivity index is 2.42. The van der Waals surface area contributed by atoms with E-state index in [1.165, 1.54) is 13.3 Å². The van der Waals surface area contributed by atoms with Crippen molar-refractivity contribution >= 4 is 12.0 Å².